The van der Waals surface area contributed by atoms with Gasteiger partial charge in [0.25, 0.3) is 0 Å². The van der Waals surface area contributed by atoms with Gasteiger partial charge in [0.05, 0.1) is 5.92 Å². The van der Waals surface area contributed by atoms with Crippen molar-refractivity contribution < 1.29 is 4.52 Å². The second-order valence-corrected chi connectivity index (χ2v) is 4.70. The molecular formula is C11H17N3O. The summed E-state index contributed by atoms with van der Waals surface area (Å²) in [7, 11) is 0. The topological polar surface area (TPSA) is 51.0 Å². The number of aromatic nitrogens is 2. The van der Waals surface area contributed by atoms with Crippen molar-refractivity contribution in [3.8, 4) is 0 Å². The van der Waals surface area contributed by atoms with Gasteiger partial charge < -0.3 is 9.84 Å². The average Bonchev–Trinajstić information content (AvgIpc) is 2.79. The Balaban J connectivity index is 1.81. The van der Waals surface area contributed by atoms with Gasteiger partial charge in [0, 0.05) is 12.5 Å². The zero-order valence-corrected chi connectivity index (χ0v) is 9.07. The lowest BCUT2D eigenvalue weighted by Gasteiger charge is -2.41. The first-order valence-electron chi connectivity index (χ1n) is 5.92. The van der Waals surface area contributed by atoms with E-state index in [4.69, 9.17) is 4.52 Å². The van der Waals surface area contributed by atoms with E-state index < -0.39 is 0 Å². The van der Waals surface area contributed by atoms with Gasteiger partial charge in [0.1, 0.15) is 0 Å². The minimum Gasteiger partial charge on any atom is -0.339 e. The maximum absolute atomic E-state index is 5.35. The van der Waals surface area contributed by atoms with E-state index in [1.165, 1.54) is 25.8 Å². The van der Waals surface area contributed by atoms with Crippen LogP contribution in [-0.2, 0) is 6.42 Å². The van der Waals surface area contributed by atoms with Gasteiger partial charge in [-0.15, -0.1) is 0 Å². The fourth-order valence-electron chi connectivity index (χ4n) is 2.84. The third-order valence-electron chi connectivity index (χ3n) is 3.74. The molecule has 1 aromatic rings. The zero-order valence-electron chi connectivity index (χ0n) is 9.07. The van der Waals surface area contributed by atoms with Crippen LogP contribution in [0.2, 0.25) is 0 Å². The van der Waals surface area contributed by atoms with E-state index in [1.807, 2.05) is 0 Å². The molecule has 0 radical (unpaired) electrons. The van der Waals surface area contributed by atoms with Crippen LogP contribution in [0.15, 0.2) is 4.52 Å². The van der Waals surface area contributed by atoms with E-state index in [9.17, 15) is 0 Å². The summed E-state index contributed by atoms with van der Waals surface area (Å²) >= 11 is 0. The third-order valence-corrected chi connectivity index (χ3v) is 3.74. The first kappa shape index (κ1) is 9.33. The second kappa shape index (κ2) is 3.59. The van der Waals surface area contributed by atoms with Crippen LogP contribution in [-0.4, -0.2) is 22.7 Å². The predicted octanol–water partition coefficient (Wildman–Crippen LogP) is 1.49. The lowest BCUT2D eigenvalue weighted by atomic mass is 9.74. The van der Waals surface area contributed by atoms with Gasteiger partial charge in [-0.25, -0.2) is 0 Å². The normalized spacial score (nSPS) is 34.6. The molecule has 15 heavy (non-hydrogen) atoms. The third kappa shape index (κ3) is 1.57. The van der Waals surface area contributed by atoms with Gasteiger partial charge in [-0.1, -0.05) is 12.1 Å². The van der Waals surface area contributed by atoms with Gasteiger partial charge in [-0.3, -0.25) is 0 Å². The zero-order chi connectivity index (χ0) is 10.3. The van der Waals surface area contributed by atoms with Crippen LogP contribution < -0.4 is 5.32 Å². The molecule has 4 nitrogen and oxygen atoms in total. The van der Waals surface area contributed by atoms with E-state index in [0.717, 1.165) is 24.1 Å². The average molecular weight is 207 g/mol. The highest BCUT2D eigenvalue weighted by Crippen LogP contribution is 2.39. The summed E-state index contributed by atoms with van der Waals surface area (Å²) in [5.41, 5.74) is 0. The number of hydrogen-bond donors (Lipinski definition) is 1. The van der Waals surface area contributed by atoms with Crippen molar-refractivity contribution in [3.05, 3.63) is 11.7 Å². The van der Waals surface area contributed by atoms with Gasteiger partial charge in [-0.2, -0.15) is 4.98 Å². The molecule has 3 aliphatic rings. The minimum atomic E-state index is 0.463. The smallest absolute Gasteiger partial charge is 0.231 e. The summed E-state index contributed by atoms with van der Waals surface area (Å²) in [6, 6.07) is 0.570. The molecule has 4 rings (SSSR count). The Morgan fingerprint density at radius 3 is 2.93 bits per heavy atom. The Morgan fingerprint density at radius 1 is 1.47 bits per heavy atom. The number of nitrogens with one attached hydrogen (secondary N) is 1. The lowest BCUT2D eigenvalue weighted by Crippen LogP contribution is -2.49. The number of rotatable bonds is 2. The van der Waals surface area contributed by atoms with E-state index in [0.29, 0.717) is 12.0 Å². The highest BCUT2D eigenvalue weighted by atomic mass is 16.5. The maximum Gasteiger partial charge on any atom is 0.231 e. The molecule has 0 amide bonds. The molecular weight excluding hydrogens is 190 g/mol. The van der Waals surface area contributed by atoms with E-state index in [1.54, 1.807) is 0 Å². The summed E-state index contributed by atoms with van der Waals surface area (Å²) in [5, 5.41) is 7.55. The molecule has 1 aromatic heterocycles. The number of aryl methyl sites for hydroxylation is 1. The summed E-state index contributed by atoms with van der Waals surface area (Å²) < 4.78 is 5.35. The molecule has 2 aliphatic heterocycles. The van der Waals surface area contributed by atoms with Gasteiger partial charge in [0.2, 0.25) is 5.89 Å². The van der Waals surface area contributed by atoms with Crippen LogP contribution in [0, 0.1) is 5.92 Å². The highest BCUT2D eigenvalue weighted by Gasteiger charge is 2.38. The van der Waals surface area contributed by atoms with Crippen LogP contribution in [0.3, 0.4) is 0 Å². The molecule has 1 saturated carbocycles. The Kier molecular flexibility index (Phi) is 2.24. The van der Waals surface area contributed by atoms with E-state index in [2.05, 4.69) is 22.4 Å². The number of hydrogen-bond acceptors (Lipinski definition) is 4. The predicted molar refractivity (Wildman–Crippen MR) is 55.5 cm³/mol. The summed E-state index contributed by atoms with van der Waals surface area (Å²) in [4.78, 5) is 4.45. The van der Waals surface area contributed by atoms with Crippen molar-refractivity contribution in [2.45, 2.75) is 44.6 Å². The molecule has 2 bridgehead atoms. The fraction of sp³-hybridized carbons (Fsp3) is 0.818. The van der Waals surface area contributed by atoms with Crippen molar-refractivity contribution in [1.29, 1.82) is 0 Å². The quantitative estimate of drug-likeness (QED) is 0.798. The molecule has 4 heteroatoms. The Hall–Kier alpha value is -0.900. The summed E-state index contributed by atoms with van der Waals surface area (Å²) in [6.45, 7) is 3.23. The fourth-order valence-corrected chi connectivity index (χ4v) is 2.84. The molecule has 3 fully saturated rings. The van der Waals surface area contributed by atoms with Crippen molar-refractivity contribution in [1.82, 2.24) is 15.5 Å². The maximum atomic E-state index is 5.35. The standard InChI is InChI=1S/C11H17N3O/c1-2-10-13-11(15-14-10)8-5-7-3-4-9(8)12-6-7/h7-9,12H,2-6H2,1H3. The first-order chi connectivity index (χ1) is 7.36. The van der Waals surface area contributed by atoms with Crippen molar-refractivity contribution in [3.63, 3.8) is 0 Å². The van der Waals surface area contributed by atoms with E-state index in [-0.39, 0.29) is 0 Å². The Bertz CT molecular complexity index is 341. The van der Waals surface area contributed by atoms with Gasteiger partial charge >= 0.3 is 0 Å². The molecule has 1 N–H and O–H groups in total. The summed E-state index contributed by atoms with van der Waals surface area (Å²) in [6.07, 6.45) is 4.71. The molecule has 0 spiro atoms. The Labute approximate surface area is 89.4 Å². The first-order valence-corrected chi connectivity index (χ1v) is 5.92. The van der Waals surface area contributed by atoms with Gasteiger partial charge in [0.15, 0.2) is 5.82 Å². The molecule has 3 unspecified atom stereocenters. The molecule has 82 valence electrons. The molecule has 0 aromatic carbocycles. The van der Waals surface area contributed by atoms with Crippen molar-refractivity contribution in [2.75, 3.05) is 6.54 Å². The van der Waals surface area contributed by atoms with Crippen molar-refractivity contribution >= 4 is 0 Å². The SMILES string of the molecule is CCc1noc(C2CC3CCC2NC3)n1. The van der Waals surface area contributed by atoms with Crippen LogP contribution >= 0.6 is 0 Å². The number of piperidine rings is 2. The minimum absolute atomic E-state index is 0.463. The van der Waals surface area contributed by atoms with Crippen LogP contribution in [0.5, 0.6) is 0 Å². The molecule has 2 saturated heterocycles. The number of fused-ring (bicyclic) bond motifs is 3. The highest BCUT2D eigenvalue weighted by molar-refractivity contribution is 5.05. The van der Waals surface area contributed by atoms with Crippen LogP contribution in [0.1, 0.15) is 43.8 Å². The molecule has 3 atom stereocenters. The molecule has 1 aliphatic carbocycles. The van der Waals surface area contributed by atoms with E-state index >= 15 is 0 Å². The van der Waals surface area contributed by atoms with Crippen molar-refractivity contribution in [2.24, 2.45) is 5.92 Å². The van der Waals surface area contributed by atoms with Crippen LogP contribution in [0.4, 0.5) is 0 Å². The lowest BCUT2D eigenvalue weighted by molar-refractivity contribution is 0.158. The Morgan fingerprint density at radius 2 is 2.40 bits per heavy atom. The second-order valence-electron chi connectivity index (χ2n) is 4.70. The monoisotopic (exact) mass is 207 g/mol. The van der Waals surface area contributed by atoms with Crippen LogP contribution in [0.25, 0.3) is 0 Å². The number of nitrogens with zero attached hydrogens (tertiary/aromatic N) is 2. The largest absolute Gasteiger partial charge is 0.339 e. The molecule has 3 heterocycles. The summed E-state index contributed by atoms with van der Waals surface area (Å²) in [5.74, 6) is 2.97. The van der Waals surface area contributed by atoms with Gasteiger partial charge in [-0.05, 0) is 31.7 Å².